The van der Waals surface area contributed by atoms with E-state index in [2.05, 4.69) is 98.8 Å². The Morgan fingerprint density at radius 2 is 1.54 bits per heavy atom. The van der Waals surface area contributed by atoms with Gasteiger partial charge < -0.3 is 0 Å². The second kappa shape index (κ2) is 8.23. The van der Waals surface area contributed by atoms with Crippen LogP contribution in [0, 0.1) is 0 Å². The molecule has 0 N–H and O–H groups in total. The zero-order valence-corrected chi connectivity index (χ0v) is 17.8. The van der Waals surface area contributed by atoms with Gasteiger partial charge in [0.2, 0.25) is 0 Å². The maximum Gasteiger partial charge on any atom is 0 e. The van der Waals surface area contributed by atoms with Crippen LogP contribution in [0.15, 0.2) is 84.9 Å². The van der Waals surface area contributed by atoms with Crippen molar-refractivity contribution < 1.29 is 26.2 Å². The van der Waals surface area contributed by atoms with Crippen LogP contribution >= 0.6 is 0 Å². The van der Waals surface area contributed by atoms with Crippen molar-refractivity contribution in [2.24, 2.45) is 0 Å². The summed E-state index contributed by atoms with van der Waals surface area (Å²) in [5, 5.41) is 2.64. The van der Waals surface area contributed by atoms with Gasteiger partial charge in [0, 0.05) is 26.2 Å². The van der Waals surface area contributed by atoms with Crippen molar-refractivity contribution in [2.75, 3.05) is 0 Å². The molecule has 1 heteroatoms. The number of benzene rings is 3. The van der Waals surface area contributed by atoms with Gasteiger partial charge in [-0.25, -0.2) is 0 Å². The van der Waals surface area contributed by atoms with Crippen molar-refractivity contribution in [2.45, 2.75) is 26.2 Å². The molecule has 0 spiro atoms. The van der Waals surface area contributed by atoms with Gasteiger partial charge in [-0.15, -0.1) is 34.5 Å². The number of hydrogen-bond donors (Lipinski definition) is 0. The molecule has 0 bridgehead atoms. The average molecular weight is 415 g/mol. The predicted octanol–water partition coefficient (Wildman–Crippen LogP) is 7.40. The van der Waals surface area contributed by atoms with Crippen LogP contribution in [0.5, 0.6) is 0 Å². The van der Waals surface area contributed by atoms with Gasteiger partial charge in [0.05, 0.1) is 0 Å². The van der Waals surface area contributed by atoms with Crippen molar-refractivity contribution in [3.63, 3.8) is 0 Å². The van der Waals surface area contributed by atoms with Crippen LogP contribution in [-0.4, -0.2) is 0 Å². The van der Waals surface area contributed by atoms with Gasteiger partial charge in [-0.05, 0) is 23.5 Å². The van der Waals surface area contributed by atoms with E-state index in [9.17, 15) is 0 Å². The van der Waals surface area contributed by atoms with Crippen molar-refractivity contribution in [3.05, 3.63) is 90.5 Å². The molecule has 0 aliphatic carbocycles. The summed E-state index contributed by atoms with van der Waals surface area (Å²) < 4.78 is 0. The summed E-state index contributed by atoms with van der Waals surface area (Å²) in [5.74, 6) is 0.619. The van der Waals surface area contributed by atoms with Gasteiger partial charge in [-0.1, -0.05) is 91.7 Å². The summed E-state index contributed by atoms with van der Waals surface area (Å²) >= 11 is 0. The Hall–Kier alpha value is -1.85. The van der Waals surface area contributed by atoms with Gasteiger partial charge in [0.15, 0.2) is 0 Å². The maximum atomic E-state index is 2.32. The van der Waals surface area contributed by atoms with Gasteiger partial charge in [-0.3, -0.25) is 0 Å². The third-order valence-corrected chi connectivity index (χ3v) is 5.26. The van der Waals surface area contributed by atoms with Crippen LogP contribution in [0.3, 0.4) is 0 Å². The average Bonchev–Trinajstić information content (AvgIpc) is 3.12. The third kappa shape index (κ3) is 3.64. The molecule has 0 aliphatic rings. The van der Waals surface area contributed by atoms with E-state index in [0.717, 1.165) is 0 Å². The summed E-state index contributed by atoms with van der Waals surface area (Å²) in [6.45, 7) is 4.54. The topological polar surface area (TPSA) is 0 Å². The Morgan fingerprint density at radius 1 is 0.808 bits per heavy atom. The molecule has 0 radical (unpaired) electrons. The van der Waals surface area contributed by atoms with Crippen molar-refractivity contribution in [1.29, 1.82) is 0 Å². The second-order valence-electron chi connectivity index (χ2n) is 6.85. The molecule has 1 unspecified atom stereocenters. The van der Waals surface area contributed by atoms with Gasteiger partial charge in [0.25, 0.3) is 0 Å². The van der Waals surface area contributed by atoms with E-state index in [0.29, 0.717) is 5.92 Å². The van der Waals surface area contributed by atoms with Crippen molar-refractivity contribution in [1.82, 2.24) is 0 Å². The van der Waals surface area contributed by atoms with Crippen LogP contribution in [0.4, 0.5) is 0 Å². The molecule has 4 aromatic carbocycles. The Bertz CT molecular complexity index is 978. The molecule has 0 heterocycles. The Labute approximate surface area is 175 Å². The van der Waals surface area contributed by atoms with Crippen molar-refractivity contribution >= 4 is 10.8 Å². The molecule has 4 aromatic rings. The fraction of sp³-hybridized carbons (Fsp3) is 0.160. The number of fused-ring (bicyclic) bond motifs is 1. The SMILES string of the molecule is CCC(C)c1ccc(-c2cccc3[cH-]c(-c4ccccc4)cc23)cc1.[Zr]. The van der Waals surface area contributed by atoms with Crippen LogP contribution in [0.1, 0.15) is 31.7 Å². The minimum Gasteiger partial charge on any atom is -0.144 e. The van der Waals surface area contributed by atoms with Crippen LogP contribution in [0.2, 0.25) is 0 Å². The molecule has 4 rings (SSSR count). The van der Waals surface area contributed by atoms with Crippen LogP contribution < -0.4 is 0 Å². The first-order valence-electron chi connectivity index (χ1n) is 9.11. The second-order valence-corrected chi connectivity index (χ2v) is 6.85. The zero-order valence-electron chi connectivity index (χ0n) is 15.4. The van der Waals surface area contributed by atoms with E-state index in [1.165, 1.54) is 45.0 Å². The molecule has 1 atom stereocenters. The summed E-state index contributed by atoms with van der Waals surface area (Å²) in [7, 11) is 0. The Kier molecular flexibility index (Phi) is 5.99. The first kappa shape index (κ1) is 18.9. The van der Waals surface area contributed by atoms with Gasteiger partial charge in [-0.2, -0.15) is 0 Å². The minimum atomic E-state index is 0. The molecule has 0 aromatic heterocycles. The normalized spacial score (nSPS) is 11.9. The van der Waals surface area contributed by atoms with E-state index in [4.69, 9.17) is 0 Å². The predicted molar refractivity (Wildman–Crippen MR) is 109 cm³/mol. The fourth-order valence-electron chi connectivity index (χ4n) is 3.51. The smallest absolute Gasteiger partial charge is 0 e. The molecular weight excluding hydrogens is 391 g/mol. The zero-order chi connectivity index (χ0) is 17.2. The Morgan fingerprint density at radius 3 is 2.23 bits per heavy atom. The summed E-state index contributed by atoms with van der Waals surface area (Å²) in [4.78, 5) is 0. The largest absolute Gasteiger partial charge is 0.144 e. The van der Waals surface area contributed by atoms with E-state index in [1.54, 1.807) is 0 Å². The number of hydrogen-bond acceptors (Lipinski definition) is 0. The van der Waals surface area contributed by atoms with E-state index >= 15 is 0 Å². The molecule has 0 aliphatic heterocycles. The first-order chi connectivity index (χ1) is 12.3. The van der Waals surface area contributed by atoms with E-state index in [-0.39, 0.29) is 26.2 Å². The molecule has 0 fully saturated rings. The minimum absolute atomic E-state index is 0. The molecule has 26 heavy (non-hydrogen) atoms. The molecule has 0 saturated heterocycles. The summed E-state index contributed by atoms with van der Waals surface area (Å²) in [6.07, 6.45) is 1.18. The van der Waals surface area contributed by atoms with Gasteiger partial charge >= 0.3 is 0 Å². The quantitative estimate of drug-likeness (QED) is 0.305. The van der Waals surface area contributed by atoms with E-state index < -0.39 is 0 Å². The third-order valence-electron chi connectivity index (χ3n) is 5.26. The fourth-order valence-corrected chi connectivity index (χ4v) is 3.51. The Balaban J connectivity index is 0.00000196. The molecule has 0 amide bonds. The molecule has 128 valence electrons. The summed E-state index contributed by atoms with van der Waals surface area (Å²) in [5.41, 5.74) is 6.60. The van der Waals surface area contributed by atoms with Crippen LogP contribution in [0.25, 0.3) is 33.0 Å². The molecular formula is C25H23Zr-. The maximum absolute atomic E-state index is 2.32. The first-order valence-corrected chi connectivity index (χ1v) is 9.11. The van der Waals surface area contributed by atoms with Crippen molar-refractivity contribution in [3.8, 4) is 22.3 Å². The monoisotopic (exact) mass is 413 g/mol. The molecule has 0 nitrogen and oxygen atoms in total. The van der Waals surface area contributed by atoms with Gasteiger partial charge in [0.1, 0.15) is 0 Å². The standard InChI is InChI=1S/C25H23.Zr/c1-3-18(2)19-12-14-21(15-13-19)24-11-7-10-22-16-23(17-25(22)24)20-8-5-4-6-9-20;/h4-18H,3H2,1-2H3;/q-1;. The summed E-state index contributed by atoms with van der Waals surface area (Å²) in [6, 6.07) is 30.9. The van der Waals surface area contributed by atoms with Crippen LogP contribution in [-0.2, 0) is 26.2 Å². The van der Waals surface area contributed by atoms with E-state index in [1.807, 2.05) is 0 Å². The number of rotatable bonds is 4. The molecule has 0 saturated carbocycles.